The minimum absolute atomic E-state index is 0.0935. The van der Waals surface area contributed by atoms with Gasteiger partial charge >= 0.3 is 6.16 Å². The zero-order valence-corrected chi connectivity index (χ0v) is 16.0. The zero-order chi connectivity index (χ0) is 20.4. The molecule has 0 heterocycles. The molecule has 148 valence electrons. The molecule has 0 unspecified atom stereocenters. The number of carbonyl (C=O) groups is 3. The molecule has 7 nitrogen and oxygen atoms in total. The van der Waals surface area contributed by atoms with Gasteiger partial charge in [0.25, 0.3) is 5.91 Å². The Balaban J connectivity index is 2.02. The van der Waals surface area contributed by atoms with Crippen molar-refractivity contribution in [3.8, 4) is 5.75 Å². The first-order valence-electron chi connectivity index (χ1n) is 9.18. The molecule has 0 aliphatic heterocycles. The molecule has 0 aromatic heterocycles. The highest BCUT2D eigenvalue weighted by atomic mass is 16.7. The number of para-hydroxylation sites is 2. The Morgan fingerprint density at radius 1 is 0.893 bits per heavy atom. The second-order valence-corrected chi connectivity index (χ2v) is 5.96. The average Bonchev–Trinajstić information content (AvgIpc) is 2.68. The van der Waals surface area contributed by atoms with E-state index in [4.69, 9.17) is 9.47 Å². The van der Waals surface area contributed by atoms with E-state index < -0.39 is 6.16 Å². The van der Waals surface area contributed by atoms with Crippen molar-refractivity contribution in [3.05, 3.63) is 54.1 Å². The van der Waals surface area contributed by atoms with E-state index in [2.05, 4.69) is 10.6 Å². The van der Waals surface area contributed by atoms with Crippen molar-refractivity contribution in [1.82, 2.24) is 0 Å². The lowest BCUT2D eigenvalue weighted by molar-refractivity contribution is -0.116. The Hall–Kier alpha value is -3.35. The summed E-state index contributed by atoms with van der Waals surface area (Å²) in [5.74, 6) is -0.166. The summed E-state index contributed by atoms with van der Waals surface area (Å²) in [4.78, 5) is 35.8. The van der Waals surface area contributed by atoms with Crippen LogP contribution in [0.15, 0.2) is 48.5 Å². The molecule has 0 bridgehead atoms. The molecule has 0 aliphatic rings. The van der Waals surface area contributed by atoms with E-state index in [1.54, 1.807) is 31.2 Å². The number of rotatable bonds is 8. The predicted octanol–water partition coefficient (Wildman–Crippen LogP) is 4.60. The van der Waals surface area contributed by atoms with Crippen molar-refractivity contribution in [2.45, 2.75) is 33.1 Å². The summed E-state index contributed by atoms with van der Waals surface area (Å²) in [5.41, 5.74) is 1.42. The maximum absolute atomic E-state index is 12.5. The fraction of sp³-hybridized carbons (Fsp3) is 0.286. The van der Waals surface area contributed by atoms with Crippen LogP contribution in [0.5, 0.6) is 5.75 Å². The number of nitrogens with one attached hydrogen (secondary N) is 2. The van der Waals surface area contributed by atoms with Gasteiger partial charge in [-0.15, -0.1) is 0 Å². The fourth-order valence-electron chi connectivity index (χ4n) is 2.36. The molecule has 0 fully saturated rings. The quantitative estimate of drug-likeness (QED) is 0.512. The minimum Gasteiger partial charge on any atom is -0.434 e. The molecule has 0 radical (unpaired) electrons. The van der Waals surface area contributed by atoms with Gasteiger partial charge in [-0.3, -0.25) is 9.59 Å². The minimum atomic E-state index is -0.799. The Morgan fingerprint density at radius 2 is 1.54 bits per heavy atom. The van der Waals surface area contributed by atoms with Crippen molar-refractivity contribution in [1.29, 1.82) is 0 Å². The monoisotopic (exact) mass is 384 g/mol. The van der Waals surface area contributed by atoms with E-state index in [9.17, 15) is 14.4 Å². The molecule has 28 heavy (non-hydrogen) atoms. The Labute approximate surface area is 164 Å². The molecule has 0 spiro atoms. The largest absolute Gasteiger partial charge is 0.513 e. The number of hydrogen-bond donors (Lipinski definition) is 2. The Morgan fingerprint density at radius 3 is 2.14 bits per heavy atom. The lowest BCUT2D eigenvalue weighted by Crippen LogP contribution is -2.16. The topological polar surface area (TPSA) is 93.7 Å². The van der Waals surface area contributed by atoms with Gasteiger partial charge in [0.2, 0.25) is 5.91 Å². The third-order valence-corrected chi connectivity index (χ3v) is 3.79. The van der Waals surface area contributed by atoms with Crippen LogP contribution < -0.4 is 15.4 Å². The number of unbranched alkanes of at least 4 members (excludes halogenated alkanes) is 1. The van der Waals surface area contributed by atoms with Gasteiger partial charge in [0, 0.05) is 12.0 Å². The molecule has 2 N–H and O–H groups in total. The molecule has 0 saturated carbocycles. The first kappa shape index (κ1) is 21.0. The maximum Gasteiger partial charge on any atom is 0.513 e. The lowest BCUT2D eigenvalue weighted by Gasteiger charge is -2.12. The third-order valence-electron chi connectivity index (χ3n) is 3.79. The Kier molecular flexibility index (Phi) is 8.02. The van der Waals surface area contributed by atoms with Crippen LogP contribution in [0.1, 0.15) is 43.5 Å². The number of anilines is 2. The molecule has 0 aliphatic carbocycles. The summed E-state index contributed by atoms with van der Waals surface area (Å²) in [5, 5.41) is 5.60. The summed E-state index contributed by atoms with van der Waals surface area (Å²) >= 11 is 0. The zero-order valence-electron chi connectivity index (χ0n) is 16.0. The number of ether oxygens (including phenoxy) is 2. The van der Waals surface area contributed by atoms with Crippen LogP contribution in [0.2, 0.25) is 0 Å². The summed E-state index contributed by atoms with van der Waals surface area (Å²) in [7, 11) is 0. The highest BCUT2D eigenvalue weighted by molar-refractivity contribution is 6.07. The molecular formula is C21H24N2O5. The standard InChI is InChI=1S/C21H24N2O5/c1-3-5-10-19(24)22-17-8-6-7-9-18(17)23-20(25)15-11-13-16(14-12-15)28-21(26)27-4-2/h6-9,11-14H,3-5,10H2,1-2H3,(H,22,24)(H,23,25). The lowest BCUT2D eigenvalue weighted by atomic mass is 10.2. The van der Waals surface area contributed by atoms with E-state index in [1.165, 1.54) is 24.3 Å². The molecule has 7 heteroatoms. The van der Waals surface area contributed by atoms with E-state index in [0.29, 0.717) is 23.4 Å². The molecule has 0 atom stereocenters. The molecular weight excluding hydrogens is 360 g/mol. The molecule has 2 amide bonds. The summed E-state index contributed by atoms with van der Waals surface area (Å²) in [6.07, 6.45) is 1.37. The van der Waals surface area contributed by atoms with Crippen LogP contribution in [0.3, 0.4) is 0 Å². The van der Waals surface area contributed by atoms with E-state index in [0.717, 1.165) is 12.8 Å². The van der Waals surface area contributed by atoms with Gasteiger partial charge in [-0.1, -0.05) is 25.5 Å². The second-order valence-electron chi connectivity index (χ2n) is 5.96. The number of benzene rings is 2. The third kappa shape index (κ3) is 6.42. The van der Waals surface area contributed by atoms with Gasteiger partial charge in [0.05, 0.1) is 18.0 Å². The van der Waals surface area contributed by atoms with Gasteiger partial charge < -0.3 is 20.1 Å². The number of carbonyl (C=O) groups excluding carboxylic acids is 3. The van der Waals surface area contributed by atoms with Gasteiger partial charge in [0.1, 0.15) is 5.75 Å². The van der Waals surface area contributed by atoms with Gasteiger partial charge in [-0.2, -0.15) is 0 Å². The van der Waals surface area contributed by atoms with E-state index >= 15 is 0 Å². The summed E-state index contributed by atoms with van der Waals surface area (Å²) < 4.78 is 9.66. The van der Waals surface area contributed by atoms with Crippen LogP contribution in [-0.4, -0.2) is 24.6 Å². The first-order chi connectivity index (χ1) is 13.5. The molecule has 0 saturated heterocycles. The predicted molar refractivity (Wildman–Crippen MR) is 107 cm³/mol. The van der Waals surface area contributed by atoms with E-state index in [-0.39, 0.29) is 24.2 Å². The van der Waals surface area contributed by atoms with Crippen molar-refractivity contribution in [2.24, 2.45) is 0 Å². The van der Waals surface area contributed by atoms with Crippen LogP contribution in [-0.2, 0) is 9.53 Å². The smallest absolute Gasteiger partial charge is 0.434 e. The molecule has 2 aromatic rings. The summed E-state index contributed by atoms with van der Waals surface area (Å²) in [6, 6.07) is 13.1. The number of hydrogen-bond acceptors (Lipinski definition) is 5. The maximum atomic E-state index is 12.5. The SMILES string of the molecule is CCCCC(=O)Nc1ccccc1NC(=O)c1ccc(OC(=O)OCC)cc1. The van der Waals surface area contributed by atoms with Gasteiger partial charge in [0.15, 0.2) is 0 Å². The normalized spacial score (nSPS) is 10.1. The van der Waals surface area contributed by atoms with Crippen molar-refractivity contribution < 1.29 is 23.9 Å². The second kappa shape index (κ2) is 10.7. The van der Waals surface area contributed by atoms with Crippen LogP contribution in [0.4, 0.5) is 16.2 Å². The van der Waals surface area contributed by atoms with Crippen LogP contribution in [0.25, 0.3) is 0 Å². The first-order valence-corrected chi connectivity index (χ1v) is 9.18. The Bertz CT molecular complexity index is 818. The van der Waals surface area contributed by atoms with Gasteiger partial charge in [-0.25, -0.2) is 4.79 Å². The van der Waals surface area contributed by atoms with Crippen molar-refractivity contribution in [2.75, 3.05) is 17.2 Å². The average molecular weight is 384 g/mol. The molecule has 2 rings (SSSR count). The number of amides is 2. The highest BCUT2D eigenvalue weighted by Crippen LogP contribution is 2.23. The fourth-order valence-corrected chi connectivity index (χ4v) is 2.36. The van der Waals surface area contributed by atoms with E-state index in [1.807, 2.05) is 6.92 Å². The van der Waals surface area contributed by atoms with Crippen LogP contribution in [0, 0.1) is 0 Å². The van der Waals surface area contributed by atoms with Crippen molar-refractivity contribution >= 4 is 29.3 Å². The summed E-state index contributed by atoms with van der Waals surface area (Å²) in [6.45, 7) is 3.91. The van der Waals surface area contributed by atoms with Crippen LogP contribution >= 0.6 is 0 Å². The van der Waals surface area contributed by atoms with Crippen molar-refractivity contribution in [3.63, 3.8) is 0 Å². The van der Waals surface area contributed by atoms with Gasteiger partial charge in [-0.05, 0) is 49.7 Å². The highest BCUT2D eigenvalue weighted by Gasteiger charge is 2.12. The molecule has 2 aromatic carbocycles.